The summed E-state index contributed by atoms with van der Waals surface area (Å²) in [7, 11) is 1.32. The van der Waals surface area contributed by atoms with Crippen LogP contribution in [0.2, 0.25) is 0 Å². The number of methoxy groups -OCH3 is 1. The first kappa shape index (κ1) is 13.8. The van der Waals surface area contributed by atoms with Gasteiger partial charge in [0.25, 0.3) is 0 Å². The quantitative estimate of drug-likeness (QED) is 0.643. The summed E-state index contributed by atoms with van der Waals surface area (Å²) >= 11 is 5.85. The van der Waals surface area contributed by atoms with Crippen LogP contribution in [0, 0.1) is 12.7 Å². The maximum atomic E-state index is 13.5. The first-order valence-electron chi connectivity index (χ1n) is 5.80. The molecule has 0 saturated heterocycles. The molecule has 4 nitrogen and oxygen atoms in total. The average molecular weight is 285 g/mol. The number of ether oxygens (including phenoxy) is 1. The SMILES string of the molecule is COC(=O)C(C)n1c(CCl)nc2cc(F)c(C)cc21. The molecule has 0 aliphatic carbocycles. The number of fused-ring (bicyclic) bond motifs is 1. The van der Waals surface area contributed by atoms with Gasteiger partial charge in [-0.05, 0) is 25.5 Å². The van der Waals surface area contributed by atoms with Crippen LogP contribution in [0.25, 0.3) is 11.0 Å². The zero-order chi connectivity index (χ0) is 14.2. The zero-order valence-corrected chi connectivity index (χ0v) is 11.7. The summed E-state index contributed by atoms with van der Waals surface area (Å²) in [5.41, 5.74) is 1.65. The normalized spacial score (nSPS) is 12.7. The molecule has 6 heteroatoms. The van der Waals surface area contributed by atoms with E-state index in [0.717, 1.165) is 0 Å². The first-order chi connectivity index (χ1) is 8.99. The van der Waals surface area contributed by atoms with Gasteiger partial charge in [-0.15, -0.1) is 11.6 Å². The number of imidazole rings is 1. The molecule has 0 N–H and O–H groups in total. The van der Waals surface area contributed by atoms with E-state index in [-0.39, 0.29) is 11.7 Å². The molecule has 0 fully saturated rings. The second-order valence-electron chi connectivity index (χ2n) is 4.32. The summed E-state index contributed by atoms with van der Waals surface area (Å²) < 4.78 is 20.0. The minimum absolute atomic E-state index is 0.136. The van der Waals surface area contributed by atoms with Crippen molar-refractivity contribution in [2.45, 2.75) is 25.8 Å². The van der Waals surface area contributed by atoms with Crippen LogP contribution in [0.1, 0.15) is 24.4 Å². The number of benzene rings is 1. The van der Waals surface area contributed by atoms with Gasteiger partial charge in [0.15, 0.2) is 0 Å². The Kier molecular flexibility index (Phi) is 3.75. The lowest BCUT2D eigenvalue weighted by molar-refractivity contribution is -0.143. The number of aromatic nitrogens is 2. The Bertz CT molecular complexity index is 639. The van der Waals surface area contributed by atoms with Gasteiger partial charge in [-0.3, -0.25) is 0 Å². The summed E-state index contributed by atoms with van der Waals surface area (Å²) in [5.74, 6) is -0.0763. The van der Waals surface area contributed by atoms with E-state index in [2.05, 4.69) is 4.98 Å². The Morgan fingerprint density at radius 3 is 2.84 bits per heavy atom. The minimum atomic E-state index is -0.561. The number of hydrogen-bond acceptors (Lipinski definition) is 3. The van der Waals surface area contributed by atoms with Crippen molar-refractivity contribution in [1.82, 2.24) is 9.55 Å². The number of aryl methyl sites for hydroxylation is 1. The molecule has 102 valence electrons. The lowest BCUT2D eigenvalue weighted by atomic mass is 10.2. The van der Waals surface area contributed by atoms with E-state index in [1.165, 1.54) is 13.2 Å². The van der Waals surface area contributed by atoms with Crippen LogP contribution < -0.4 is 0 Å². The van der Waals surface area contributed by atoms with Gasteiger partial charge in [0.2, 0.25) is 0 Å². The van der Waals surface area contributed by atoms with Gasteiger partial charge in [0, 0.05) is 6.07 Å². The zero-order valence-electron chi connectivity index (χ0n) is 10.9. The van der Waals surface area contributed by atoms with E-state index in [9.17, 15) is 9.18 Å². The van der Waals surface area contributed by atoms with E-state index in [1.54, 1.807) is 24.5 Å². The predicted octanol–water partition coefficient (Wildman–Crippen LogP) is 2.96. The molecule has 0 radical (unpaired) electrons. The number of hydrogen-bond donors (Lipinski definition) is 0. The third-order valence-corrected chi connectivity index (χ3v) is 3.33. The highest BCUT2D eigenvalue weighted by Gasteiger charge is 2.22. The average Bonchev–Trinajstić information content (AvgIpc) is 2.75. The maximum absolute atomic E-state index is 13.5. The molecule has 1 heterocycles. The van der Waals surface area contributed by atoms with E-state index in [1.807, 2.05) is 0 Å². The van der Waals surface area contributed by atoms with E-state index in [0.29, 0.717) is 22.4 Å². The summed E-state index contributed by atoms with van der Waals surface area (Å²) in [6, 6.07) is 2.45. The van der Waals surface area contributed by atoms with Crippen molar-refractivity contribution in [1.29, 1.82) is 0 Å². The molecule has 0 aliphatic rings. The Morgan fingerprint density at radius 2 is 2.26 bits per heavy atom. The number of alkyl halides is 1. The molecular formula is C13H14ClFN2O2. The Balaban J connectivity index is 2.70. The molecule has 19 heavy (non-hydrogen) atoms. The van der Waals surface area contributed by atoms with E-state index in [4.69, 9.17) is 16.3 Å². The summed E-state index contributed by atoms with van der Waals surface area (Å²) in [4.78, 5) is 15.9. The number of halogens is 2. The topological polar surface area (TPSA) is 44.1 Å². The Hall–Kier alpha value is -1.62. The molecule has 0 aliphatic heterocycles. The molecule has 0 bridgehead atoms. The highest BCUT2D eigenvalue weighted by Crippen LogP contribution is 2.25. The highest BCUT2D eigenvalue weighted by atomic mass is 35.5. The van der Waals surface area contributed by atoms with E-state index >= 15 is 0 Å². The lowest BCUT2D eigenvalue weighted by Gasteiger charge is -2.14. The number of carbonyl (C=O) groups is 1. The first-order valence-corrected chi connectivity index (χ1v) is 6.33. The molecule has 1 unspecified atom stereocenters. The third-order valence-electron chi connectivity index (χ3n) is 3.09. The number of esters is 1. The van der Waals surface area contributed by atoms with Gasteiger partial charge in [0.1, 0.15) is 17.7 Å². The van der Waals surface area contributed by atoms with E-state index < -0.39 is 12.0 Å². The highest BCUT2D eigenvalue weighted by molar-refractivity contribution is 6.16. The van der Waals surface area contributed by atoms with Crippen LogP contribution in [0.3, 0.4) is 0 Å². The van der Waals surface area contributed by atoms with Crippen molar-refractivity contribution in [2.75, 3.05) is 7.11 Å². The largest absolute Gasteiger partial charge is 0.467 e. The molecule has 1 atom stereocenters. The van der Waals surface area contributed by atoms with Gasteiger partial charge in [-0.1, -0.05) is 0 Å². The fourth-order valence-electron chi connectivity index (χ4n) is 2.07. The van der Waals surface area contributed by atoms with Crippen molar-refractivity contribution in [3.8, 4) is 0 Å². The van der Waals surface area contributed by atoms with Crippen molar-refractivity contribution in [2.24, 2.45) is 0 Å². The van der Waals surface area contributed by atoms with Crippen LogP contribution >= 0.6 is 11.6 Å². The van der Waals surface area contributed by atoms with Gasteiger partial charge in [0.05, 0.1) is 24.0 Å². The number of carbonyl (C=O) groups excluding carboxylic acids is 1. The van der Waals surface area contributed by atoms with Crippen LogP contribution in [0.15, 0.2) is 12.1 Å². The minimum Gasteiger partial charge on any atom is -0.467 e. The Labute approximate surface area is 115 Å². The van der Waals surface area contributed by atoms with Gasteiger partial charge in [-0.2, -0.15) is 0 Å². The third kappa shape index (κ3) is 2.30. The molecule has 0 amide bonds. The predicted molar refractivity (Wildman–Crippen MR) is 70.7 cm³/mol. The van der Waals surface area contributed by atoms with Gasteiger partial charge >= 0.3 is 5.97 Å². The fourth-order valence-corrected chi connectivity index (χ4v) is 2.26. The van der Waals surface area contributed by atoms with Crippen LogP contribution in [0.4, 0.5) is 4.39 Å². The smallest absolute Gasteiger partial charge is 0.328 e. The number of nitrogens with zero attached hydrogens (tertiary/aromatic N) is 2. The molecule has 1 aromatic carbocycles. The number of rotatable bonds is 3. The maximum Gasteiger partial charge on any atom is 0.328 e. The van der Waals surface area contributed by atoms with Crippen LogP contribution in [-0.2, 0) is 15.4 Å². The van der Waals surface area contributed by atoms with Gasteiger partial charge in [-0.25, -0.2) is 14.2 Å². The molecular weight excluding hydrogens is 271 g/mol. The molecule has 0 saturated carbocycles. The van der Waals surface area contributed by atoms with Crippen molar-refractivity contribution >= 4 is 28.6 Å². The second-order valence-corrected chi connectivity index (χ2v) is 4.59. The standard InChI is InChI=1S/C13H14ClFN2O2/c1-7-4-11-10(5-9(7)15)16-12(6-14)17(11)8(2)13(18)19-3/h4-5,8H,6H2,1-3H3. The summed E-state index contributed by atoms with van der Waals surface area (Å²) in [5, 5.41) is 0. The molecule has 2 rings (SSSR count). The van der Waals surface area contributed by atoms with Gasteiger partial charge < -0.3 is 9.30 Å². The van der Waals surface area contributed by atoms with Crippen molar-refractivity contribution in [3.05, 3.63) is 29.3 Å². The molecule has 0 spiro atoms. The molecule has 2 aromatic rings. The van der Waals surface area contributed by atoms with Crippen molar-refractivity contribution < 1.29 is 13.9 Å². The summed E-state index contributed by atoms with van der Waals surface area (Å²) in [6.45, 7) is 3.36. The molecule has 1 aromatic heterocycles. The Morgan fingerprint density at radius 1 is 1.58 bits per heavy atom. The second kappa shape index (κ2) is 5.17. The van der Waals surface area contributed by atoms with Crippen LogP contribution in [-0.4, -0.2) is 22.6 Å². The van der Waals surface area contributed by atoms with Crippen molar-refractivity contribution in [3.63, 3.8) is 0 Å². The summed E-state index contributed by atoms with van der Waals surface area (Å²) in [6.07, 6.45) is 0. The fraction of sp³-hybridized carbons (Fsp3) is 0.385. The van der Waals surface area contributed by atoms with Crippen LogP contribution in [0.5, 0.6) is 0 Å². The lowest BCUT2D eigenvalue weighted by Crippen LogP contribution is -2.19. The monoisotopic (exact) mass is 284 g/mol.